The number of ether oxygens (including phenoxy) is 1. The van der Waals surface area contributed by atoms with Gasteiger partial charge in [-0.1, -0.05) is 6.07 Å². The number of halogens is 1. The Hall–Kier alpha value is -1.03. The number of nitrogens with one attached hydrogen (secondary N) is 1. The van der Waals surface area contributed by atoms with Gasteiger partial charge in [-0.25, -0.2) is 4.79 Å². The van der Waals surface area contributed by atoms with Crippen molar-refractivity contribution >= 4 is 47.4 Å². The second-order valence-corrected chi connectivity index (χ2v) is 9.12. The molecule has 0 spiro atoms. The molecule has 0 atom stereocenters. The highest BCUT2D eigenvalue weighted by Crippen LogP contribution is 2.19. The van der Waals surface area contributed by atoms with Crippen LogP contribution in [0.3, 0.4) is 0 Å². The van der Waals surface area contributed by atoms with Gasteiger partial charge in [0, 0.05) is 45.2 Å². The van der Waals surface area contributed by atoms with Gasteiger partial charge in [0.05, 0.1) is 0 Å². The molecule has 1 fully saturated rings. The molecule has 1 aromatic heterocycles. The van der Waals surface area contributed by atoms with Crippen molar-refractivity contribution in [2.75, 3.05) is 40.3 Å². The Labute approximate surface area is 190 Å². The highest BCUT2D eigenvalue weighted by molar-refractivity contribution is 14.0. The van der Waals surface area contributed by atoms with Crippen molar-refractivity contribution in [2.45, 2.75) is 45.6 Å². The number of carbonyl (C=O) groups excluding carboxylic acids is 1. The van der Waals surface area contributed by atoms with Gasteiger partial charge in [0.1, 0.15) is 5.60 Å². The number of carbonyl (C=O) groups is 1. The standard InChI is InChI=1S/C20H34N4O2S.HI/c1-20(2,3)26-19(25)24-12-8-16(9-13-24)15-22-18(21-4)23(5)11-10-17-7-6-14-27-17;/h6-7,14,16H,8-13,15H2,1-5H3,(H,21,22);1H. The predicted molar refractivity (Wildman–Crippen MR) is 128 cm³/mol. The zero-order chi connectivity index (χ0) is 19.9. The molecular formula is C20H35IN4O2S. The highest BCUT2D eigenvalue weighted by atomic mass is 127. The summed E-state index contributed by atoms with van der Waals surface area (Å²) in [7, 11) is 3.91. The van der Waals surface area contributed by atoms with Crippen LogP contribution in [0.15, 0.2) is 22.5 Å². The number of hydrogen-bond donors (Lipinski definition) is 1. The number of hydrogen-bond acceptors (Lipinski definition) is 4. The Morgan fingerprint density at radius 1 is 1.39 bits per heavy atom. The highest BCUT2D eigenvalue weighted by Gasteiger charge is 2.27. The van der Waals surface area contributed by atoms with Gasteiger partial charge in [0.15, 0.2) is 5.96 Å². The first-order valence-corrected chi connectivity index (χ1v) is 10.6. The van der Waals surface area contributed by atoms with E-state index in [0.717, 1.165) is 51.4 Å². The normalized spacial score (nSPS) is 15.8. The largest absolute Gasteiger partial charge is 0.444 e. The fourth-order valence-electron chi connectivity index (χ4n) is 3.11. The summed E-state index contributed by atoms with van der Waals surface area (Å²) in [5.41, 5.74) is -0.435. The Bertz CT molecular complexity index is 608. The minimum Gasteiger partial charge on any atom is -0.444 e. The molecule has 160 valence electrons. The van der Waals surface area contributed by atoms with Crippen LogP contribution in [-0.4, -0.2) is 67.7 Å². The summed E-state index contributed by atoms with van der Waals surface area (Å²) in [4.78, 5) is 22.0. The summed E-state index contributed by atoms with van der Waals surface area (Å²) in [6.07, 6.45) is 2.81. The molecule has 2 heterocycles. The molecule has 1 aromatic rings. The first kappa shape index (κ1) is 25.0. The Kier molecular flexibility index (Phi) is 10.6. The van der Waals surface area contributed by atoms with E-state index in [4.69, 9.17) is 4.74 Å². The lowest BCUT2D eigenvalue weighted by molar-refractivity contribution is 0.0185. The van der Waals surface area contributed by atoms with Crippen LogP contribution in [0.1, 0.15) is 38.5 Å². The van der Waals surface area contributed by atoms with Crippen LogP contribution < -0.4 is 5.32 Å². The molecule has 0 saturated carbocycles. The fourth-order valence-corrected chi connectivity index (χ4v) is 3.80. The molecule has 1 amide bonds. The second kappa shape index (κ2) is 11.8. The molecule has 2 rings (SSSR count). The van der Waals surface area contributed by atoms with E-state index in [1.807, 2.05) is 32.7 Å². The summed E-state index contributed by atoms with van der Waals surface area (Å²) in [5.74, 6) is 1.48. The fraction of sp³-hybridized carbons (Fsp3) is 0.700. The number of amides is 1. The molecule has 0 unspecified atom stereocenters. The average molecular weight is 522 g/mol. The minimum atomic E-state index is -0.435. The van der Waals surface area contributed by atoms with E-state index in [9.17, 15) is 4.79 Å². The number of piperidine rings is 1. The van der Waals surface area contributed by atoms with E-state index in [2.05, 4.69) is 39.8 Å². The number of aliphatic imine (C=N–C) groups is 1. The smallest absolute Gasteiger partial charge is 0.410 e. The number of guanidine groups is 1. The monoisotopic (exact) mass is 522 g/mol. The van der Waals surface area contributed by atoms with Gasteiger partial charge in [-0.15, -0.1) is 35.3 Å². The SMILES string of the molecule is CN=C(NCC1CCN(C(=O)OC(C)(C)C)CC1)N(C)CCc1cccs1.I. The van der Waals surface area contributed by atoms with Crippen molar-refractivity contribution in [1.82, 2.24) is 15.1 Å². The van der Waals surface area contributed by atoms with Crippen LogP contribution in [-0.2, 0) is 11.2 Å². The van der Waals surface area contributed by atoms with Gasteiger partial charge in [0.25, 0.3) is 0 Å². The van der Waals surface area contributed by atoms with Gasteiger partial charge in [0.2, 0.25) is 0 Å². The van der Waals surface area contributed by atoms with E-state index in [1.165, 1.54) is 4.88 Å². The first-order chi connectivity index (χ1) is 12.8. The van der Waals surface area contributed by atoms with Crippen molar-refractivity contribution in [3.05, 3.63) is 22.4 Å². The first-order valence-electron chi connectivity index (χ1n) is 9.70. The quantitative estimate of drug-likeness (QED) is 0.360. The van der Waals surface area contributed by atoms with Crippen LogP contribution in [0, 0.1) is 5.92 Å². The lowest BCUT2D eigenvalue weighted by Gasteiger charge is -2.34. The maximum atomic E-state index is 12.2. The van der Waals surface area contributed by atoms with Crippen LogP contribution >= 0.6 is 35.3 Å². The molecule has 8 heteroatoms. The maximum absolute atomic E-state index is 12.2. The molecule has 0 radical (unpaired) electrons. The van der Waals surface area contributed by atoms with Crippen LogP contribution in [0.5, 0.6) is 0 Å². The molecule has 0 aromatic carbocycles. The zero-order valence-corrected chi connectivity index (χ0v) is 20.9. The number of likely N-dealkylation sites (N-methyl/N-ethyl adjacent to an activating group) is 1. The van der Waals surface area contributed by atoms with Crippen LogP contribution in [0.25, 0.3) is 0 Å². The third-order valence-corrected chi connectivity index (χ3v) is 5.60. The van der Waals surface area contributed by atoms with Crippen molar-refractivity contribution in [2.24, 2.45) is 10.9 Å². The maximum Gasteiger partial charge on any atom is 0.410 e. The van der Waals surface area contributed by atoms with Crippen LogP contribution in [0.4, 0.5) is 4.79 Å². The van der Waals surface area contributed by atoms with Crippen molar-refractivity contribution in [3.63, 3.8) is 0 Å². The average Bonchev–Trinajstić information content (AvgIpc) is 3.13. The molecule has 1 saturated heterocycles. The third-order valence-electron chi connectivity index (χ3n) is 4.66. The second-order valence-electron chi connectivity index (χ2n) is 8.09. The number of likely N-dealkylation sites (tertiary alicyclic amines) is 1. The van der Waals surface area contributed by atoms with E-state index < -0.39 is 5.60 Å². The van der Waals surface area contributed by atoms with Gasteiger partial charge in [-0.05, 0) is 57.4 Å². The van der Waals surface area contributed by atoms with Gasteiger partial charge in [-0.2, -0.15) is 0 Å². The minimum absolute atomic E-state index is 0. The molecule has 1 aliphatic rings. The van der Waals surface area contributed by atoms with Gasteiger partial charge in [-0.3, -0.25) is 4.99 Å². The Morgan fingerprint density at radius 2 is 2.07 bits per heavy atom. The lowest BCUT2D eigenvalue weighted by Crippen LogP contribution is -2.46. The molecule has 0 aliphatic carbocycles. The summed E-state index contributed by atoms with van der Waals surface area (Å²) >= 11 is 1.80. The summed E-state index contributed by atoms with van der Waals surface area (Å²) in [6.45, 7) is 9.06. The van der Waals surface area contributed by atoms with Gasteiger partial charge >= 0.3 is 6.09 Å². The number of rotatable bonds is 5. The lowest BCUT2D eigenvalue weighted by atomic mass is 9.97. The van der Waals surface area contributed by atoms with Crippen molar-refractivity contribution in [3.8, 4) is 0 Å². The zero-order valence-electron chi connectivity index (χ0n) is 17.7. The number of thiophene rings is 1. The molecule has 1 N–H and O–H groups in total. The van der Waals surface area contributed by atoms with E-state index in [-0.39, 0.29) is 30.1 Å². The van der Waals surface area contributed by atoms with E-state index in [1.54, 1.807) is 11.3 Å². The molecular weight excluding hydrogens is 487 g/mol. The molecule has 28 heavy (non-hydrogen) atoms. The predicted octanol–water partition coefficient (Wildman–Crippen LogP) is 4.06. The topological polar surface area (TPSA) is 57.2 Å². The van der Waals surface area contributed by atoms with Crippen LogP contribution in [0.2, 0.25) is 0 Å². The van der Waals surface area contributed by atoms with Crippen molar-refractivity contribution < 1.29 is 9.53 Å². The number of nitrogens with zero attached hydrogens (tertiary/aromatic N) is 3. The summed E-state index contributed by atoms with van der Waals surface area (Å²) in [5, 5.41) is 5.61. The summed E-state index contributed by atoms with van der Waals surface area (Å²) < 4.78 is 5.46. The Balaban J connectivity index is 0.00000392. The summed E-state index contributed by atoms with van der Waals surface area (Å²) in [6, 6.07) is 4.27. The van der Waals surface area contributed by atoms with E-state index >= 15 is 0 Å². The molecule has 0 bridgehead atoms. The molecule has 1 aliphatic heterocycles. The third kappa shape index (κ3) is 8.55. The Morgan fingerprint density at radius 3 is 2.61 bits per heavy atom. The van der Waals surface area contributed by atoms with Crippen molar-refractivity contribution in [1.29, 1.82) is 0 Å². The van der Waals surface area contributed by atoms with E-state index in [0.29, 0.717) is 5.92 Å². The van der Waals surface area contributed by atoms with Gasteiger partial charge < -0.3 is 19.9 Å². The molecule has 6 nitrogen and oxygen atoms in total.